The second kappa shape index (κ2) is 14.0. The van der Waals surface area contributed by atoms with Gasteiger partial charge in [-0.05, 0) is 50.6 Å². The number of benzene rings is 1. The number of nitrogens with one attached hydrogen (secondary N) is 3. The molecule has 1 amide bonds. The van der Waals surface area contributed by atoms with Crippen LogP contribution in [0.25, 0.3) is 0 Å². The Bertz CT molecular complexity index is 900. The Kier molecular flexibility index (Phi) is 11.4. The fourth-order valence-corrected chi connectivity index (χ4v) is 3.89. The molecule has 1 aliphatic heterocycles. The maximum atomic E-state index is 12.2. The highest BCUT2D eigenvalue weighted by Gasteiger charge is 2.26. The molecule has 1 fully saturated rings. The van der Waals surface area contributed by atoms with Crippen LogP contribution in [0, 0.1) is 6.92 Å². The molecule has 1 unspecified atom stereocenters. The monoisotopic (exact) mass is 566 g/mol. The van der Waals surface area contributed by atoms with Gasteiger partial charge >= 0.3 is 0 Å². The van der Waals surface area contributed by atoms with Crippen LogP contribution in [-0.4, -0.2) is 62.1 Å². The van der Waals surface area contributed by atoms with Crippen LogP contribution in [0.5, 0.6) is 5.75 Å². The summed E-state index contributed by atoms with van der Waals surface area (Å²) in [7, 11) is 3.45. The number of rotatable bonds is 9. The highest BCUT2D eigenvalue weighted by atomic mass is 127. The predicted octanol–water partition coefficient (Wildman–Crippen LogP) is 3.35. The van der Waals surface area contributed by atoms with Gasteiger partial charge in [0.25, 0.3) is 0 Å². The van der Waals surface area contributed by atoms with E-state index in [1.165, 1.54) is 18.4 Å². The van der Waals surface area contributed by atoms with Crippen molar-refractivity contribution in [3.05, 3.63) is 53.7 Å². The van der Waals surface area contributed by atoms with Gasteiger partial charge in [-0.2, -0.15) is 0 Å². The number of aromatic nitrogens is 1. The number of hydrogen-bond donors (Lipinski definition) is 3. The Labute approximate surface area is 213 Å². The standard InChI is InChI=1S/C24H34N6O2.HI/c1-18-10-11-22(27-16-18)29-23(31)12-13-26-24(25-2)28-17-20(30-14-6-7-15-30)19-8-4-5-9-21(19)32-3;/h4-5,8-11,16,20H,6-7,12-15,17H2,1-3H3,(H2,25,26,28)(H,27,29,31);1H. The van der Waals surface area contributed by atoms with Gasteiger partial charge in [0.15, 0.2) is 5.96 Å². The van der Waals surface area contributed by atoms with Gasteiger partial charge in [0.1, 0.15) is 11.6 Å². The molecule has 0 spiro atoms. The molecule has 9 heteroatoms. The van der Waals surface area contributed by atoms with E-state index in [9.17, 15) is 4.79 Å². The fraction of sp³-hybridized carbons (Fsp3) is 0.458. The molecule has 8 nitrogen and oxygen atoms in total. The SMILES string of the molecule is CN=C(NCCC(=O)Nc1ccc(C)cn1)NCC(c1ccccc1OC)N1CCCC1.I. The number of aliphatic imine (C=N–C) groups is 1. The van der Waals surface area contributed by atoms with Crippen LogP contribution in [-0.2, 0) is 4.79 Å². The second-order valence-corrected chi connectivity index (χ2v) is 7.90. The van der Waals surface area contributed by atoms with Gasteiger partial charge in [-0.25, -0.2) is 4.98 Å². The van der Waals surface area contributed by atoms with Crippen molar-refractivity contribution in [3.63, 3.8) is 0 Å². The lowest BCUT2D eigenvalue weighted by atomic mass is 10.0. The molecule has 0 saturated carbocycles. The average Bonchev–Trinajstić information content (AvgIpc) is 3.34. The maximum absolute atomic E-state index is 12.2. The minimum atomic E-state index is -0.0896. The number of carbonyl (C=O) groups excluding carboxylic acids is 1. The molecule has 3 rings (SSSR count). The lowest BCUT2D eigenvalue weighted by molar-refractivity contribution is -0.116. The Morgan fingerprint density at radius 3 is 2.61 bits per heavy atom. The number of halogens is 1. The molecule has 180 valence electrons. The summed E-state index contributed by atoms with van der Waals surface area (Å²) in [4.78, 5) is 23.2. The van der Waals surface area contributed by atoms with Crippen molar-refractivity contribution in [2.75, 3.05) is 45.7 Å². The number of nitrogens with zero attached hydrogens (tertiary/aromatic N) is 3. The van der Waals surface area contributed by atoms with E-state index in [4.69, 9.17) is 4.74 Å². The van der Waals surface area contributed by atoms with Crippen LogP contribution < -0.4 is 20.7 Å². The molecule has 0 aliphatic carbocycles. The molecule has 0 radical (unpaired) electrons. The van der Waals surface area contributed by atoms with Crippen molar-refractivity contribution < 1.29 is 9.53 Å². The fourth-order valence-electron chi connectivity index (χ4n) is 3.89. The third-order valence-corrected chi connectivity index (χ3v) is 5.59. The molecule has 1 aromatic carbocycles. The molecule has 2 aromatic rings. The number of guanidine groups is 1. The number of para-hydroxylation sites is 1. The molecule has 1 atom stereocenters. The molecule has 1 saturated heterocycles. The Morgan fingerprint density at radius 1 is 1.18 bits per heavy atom. The van der Waals surface area contributed by atoms with Gasteiger partial charge in [0.2, 0.25) is 5.91 Å². The summed E-state index contributed by atoms with van der Waals surface area (Å²) in [6.07, 6.45) is 4.48. The summed E-state index contributed by atoms with van der Waals surface area (Å²) in [5.41, 5.74) is 2.23. The van der Waals surface area contributed by atoms with Crippen molar-refractivity contribution in [3.8, 4) is 5.75 Å². The molecule has 1 aromatic heterocycles. The molecule has 3 N–H and O–H groups in total. The largest absolute Gasteiger partial charge is 0.496 e. The normalized spacial score (nSPS) is 14.8. The second-order valence-electron chi connectivity index (χ2n) is 7.90. The van der Waals surface area contributed by atoms with Crippen LogP contribution in [0.3, 0.4) is 0 Å². The number of methoxy groups -OCH3 is 1. The highest BCUT2D eigenvalue weighted by Crippen LogP contribution is 2.31. The zero-order valence-electron chi connectivity index (χ0n) is 19.6. The summed E-state index contributed by atoms with van der Waals surface area (Å²) in [5, 5.41) is 9.46. The van der Waals surface area contributed by atoms with Crippen molar-refractivity contribution in [1.29, 1.82) is 0 Å². The molecular weight excluding hydrogens is 531 g/mol. The predicted molar refractivity (Wildman–Crippen MR) is 144 cm³/mol. The Morgan fingerprint density at radius 2 is 1.94 bits per heavy atom. The van der Waals surface area contributed by atoms with E-state index >= 15 is 0 Å². The zero-order chi connectivity index (χ0) is 22.8. The number of hydrogen-bond acceptors (Lipinski definition) is 5. The number of ether oxygens (including phenoxy) is 1. The molecule has 0 bridgehead atoms. The first-order valence-electron chi connectivity index (χ1n) is 11.1. The van der Waals surface area contributed by atoms with Crippen LogP contribution in [0.2, 0.25) is 0 Å². The van der Waals surface area contributed by atoms with E-state index < -0.39 is 0 Å². The first-order valence-corrected chi connectivity index (χ1v) is 11.1. The minimum absolute atomic E-state index is 0. The highest BCUT2D eigenvalue weighted by molar-refractivity contribution is 14.0. The first-order chi connectivity index (χ1) is 15.6. The number of likely N-dealkylation sites (tertiary alicyclic amines) is 1. The van der Waals surface area contributed by atoms with Crippen LogP contribution >= 0.6 is 24.0 Å². The summed E-state index contributed by atoms with van der Waals surface area (Å²) in [5.74, 6) is 2.04. The van der Waals surface area contributed by atoms with Crippen molar-refractivity contribution in [2.24, 2.45) is 4.99 Å². The summed E-state index contributed by atoms with van der Waals surface area (Å²) in [6.45, 7) is 5.27. The van der Waals surface area contributed by atoms with Crippen molar-refractivity contribution in [1.82, 2.24) is 20.5 Å². The smallest absolute Gasteiger partial charge is 0.227 e. The quantitative estimate of drug-likeness (QED) is 0.245. The van der Waals surface area contributed by atoms with Gasteiger partial charge in [0, 0.05) is 38.3 Å². The summed E-state index contributed by atoms with van der Waals surface area (Å²) in [6, 6.07) is 12.1. The van der Waals surface area contributed by atoms with Gasteiger partial charge in [-0.1, -0.05) is 24.3 Å². The van der Waals surface area contributed by atoms with Crippen molar-refractivity contribution in [2.45, 2.75) is 32.2 Å². The molecule has 2 heterocycles. The van der Waals surface area contributed by atoms with Crippen molar-refractivity contribution >= 4 is 41.7 Å². The van der Waals surface area contributed by atoms with E-state index in [0.717, 1.165) is 24.4 Å². The summed E-state index contributed by atoms with van der Waals surface area (Å²) >= 11 is 0. The number of pyridine rings is 1. The van der Waals surface area contributed by atoms with Gasteiger partial charge in [-0.15, -0.1) is 24.0 Å². The molecule has 1 aliphatic rings. The number of anilines is 1. The first kappa shape index (κ1) is 26.8. The van der Waals surface area contributed by atoms with E-state index in [-0.39, 0.29) is 35.9 Å². The Balaban J connectivity index is 0.00000385. The number of aryl methyl sites for hydroxylation is 1. The van der Waals surface area contributed by atoms with Gasteiger partial charge < -0.3 is 20.7 Å². The Hall–Kier alpha value is -2.40. The van der Waals surface area contributed by atoms with E-state index in [1.54, 1.807) is 26.4 Å². The van der Waals surface area contributed by atoms with E-state index in [0.29, 0.717) is 31.3 Å². The van der Waals surface area contributed by atoms with Crippen LogP contribution in [0.1, 0.15) is 36.4 Å². The number of carbonyl (C=O) groups is 1. The summed E-state index contributed by atoms with van der Waals surface area (Å²) < 4.78 is 5.62. The molecular formula is C24H35IN6O2. The van der Waals surface area contributed by atoms with Crippen LogP contribution in [0.4, 0.5) is 5.82 Å². The third kappa shape index (κ3) is 8.15. The lowest BCUT2D eigenvalue weighted by Crippen LogP contribution is -2.43. The van der Waals surface area contributed by atoms with E-state index in [2.05, 4.69) is 43.0 Å². The van der Waals surface area contributed by atoms with Gasteiger partial charge in [-0.3, -0.25) is 14.7 Å². The molecule has 33 heavy (non-hydrogen) atoms. The topological polar surface area (TPSA) is 90.9 Å². The van der Waals surface area contributed by atoms with Crippen LogP contribution in [0.15, 0.2) is 47.6 Å². The zero-order valence-corrected chi connectivity index (χ0v) is 22.0. The third-order valence-electron chi connectivity index (χ3n) is 5.59. The maximum Gasteiger partial charge on any atom is 0.227 e. The van der Waals surface area contributed by atoms with E-state index in [1.807, 2.05) is 25.1 Å². The van der Waals surface area contributed by atoms with Gasteiger partial charge in [0.05, 0.1) is 13.2 Å². The lowest BCUT2D eigenvalue weighted by Gasteiger charge is -2.30. The average molecular weight is 566 g/mol. The number of amides is 1. The minimum Gasteiger partial charge on any atom is -0.496 e.